The Labute approximate surface area is 172 Å². The first-order valence-electron chi connectivity index (χ1n) is 10.3. The van der Waals surface area contributed by atoms with E-state index in [2.05, 4.69) is 24.3 Å². The summed E-state index contributed by atoms with van der Waals surface area (Å²) in [7, 11) is 2.89. The maximum Gasteiger partial charge on any atom is 0.313 e. The Morgan fingerprint density at radius 1 is 0.862 bits per heavy atom. The Bertz CT molecular complexity index is 933. The standard InChI is InChI=1S/C25H28O4/c1-5-24(22(27)29-4)16-10-15-23(2,21(26)28-3)25(24)19-13-8-6-11-17(19)18-12-7-9-14-20(18)25/h6-9,11-14H,5,10,15-16H2,1-4H3/t23-,24?/m0/s1. The average Bonchev–Trinajstić information content (AvgIpc) is 3.07. The van der Waals surface area contributed by atoms with Crippen LogP contribution in [0.1, 0.15) is 50.7 Å². The van der Waals surface area contributed by atoms with Crippen molar-refractivity contribution < 1.29 is 19.1 Å². The van der Waals surface area contributed by atoms with E-state index in [0.717, 1.165) is 28.7 Å². The van der Waals surface area contributed by atoms with Crippen LogP contribution in [0.5, 0.6) is 0 Å². The van der Waals surface area contributed by atoms with E-state index in [1.165, 1.54) is 14.2 Å². The molecule has 0 aromatic heterocycles. The molecule has 4 nitrogen and oxygen atoms in total. The molecule has 2 aliphatic carbocycles. The number of benzene rings is 2. The quantitative estimate of drug-likeness (QED) is 0.698. The Balaban J connectivity index is 2.22. The fourth-order valence-corrected chi connectivity index (χ4v) is 6.51. The SMILES string of the molecule is CCC1(C(=O)OC)CCC[C@@](C)(C(=O)OC)C12c1ccccc1-c1ccccc12. The Morgan fingerprint density at radius 3 is 1.86 bits per heavy atom. The summed E-state index contributed by atoms with van der Waals surface area (Å²) in [4.78, 5) is 26.9. The van der Waals surface area contributed by atoms with Crippen molar-refractivity contribution in [2.24, 2.45) is 10.8 Å². The van der Waals surface area contributed by atoms with Crippen LogP contribution in [0.25, 0.3) is 11.1 Å². The third-order valence-corrected chi connectivity index (χ3v) is 7.59. The molecule has 0 heterocycles. The minimum atomic E-state index is -0.896. The Kier molecular flexibility index (Phi) is 4.56. The van der Waals surface area contributed by atoms with Crippen LogP contribution in [-0.2, 0) is 24.5 Å². The van der Waals surface area contributed by atoms with E-state index in [-0.39, 0.29) is 11.9 Å². The van der Waals surface area contributed by atoms with Crippen molar-refractivity contribution in [1.29, 1.82) is 0 Å². The van der Waals surface area contributed by atoms with Gasteiger partial charge in [0, 0.05) is 0 Å². The second kappa shape index (κ2) is 6.72. The van der Waals surface area contributed by atoms with Crippen molar-refractivity contribution in [3.05, 3.63) is 59.7 Å². The number of fused-ring (bicyclic) bond motifs is 5. The van der Waals surface area contributed by atoms with E-state index in [4.69, 9.17) is 9.47 Å². The van der Waals surface area contributed by atoms with Gasteiger partial charge in [0.2, 0.25) is 0 Å². The molecule has 2 aliphatic rings. The van der Waals surface area contributed by atoms with Gasteiger partial charge in [0.15, 0.2) is 0 Å². The van der Waals surface area contributed by atoms with Gasteiger partial charge in [-0.15, -0.1) is 0 Å². The Morgan fingerprint density at radius 2 is 1.38 bits per heavy atom. The lowest BCUT2D eigenvalue weighted by Crippen LogP contribution is -2.64. The molecule has 0 amide bonds. The van der Waals surface area contributed by atoms with Gasteiger partial charge in [0.05, 0.1) is 30.5 Å². The number of rotatable bonds is 3. The molecule has 0 saturated heterocycles. The summed E-state index contributed by atoms with van der Waals surface area (Å²) in [6, 6.07) is 16.4. The molecule has 152 valence electrons. The summed E-state index contributed by atoms with van der Waals surface area (Å²) in [6.07, 6.45) is 2.67. The lowest BCUT2D eigenvalue weighted by molar-refractivity contribution is -0.178. The second-order valence-electron chi connectivity index (χ2n) is 8.45. The molecule has 29 heavy (non-hydrogen) atoms. The zero-order valence-electron chi connectivity index (χ0n) is 17.6. The molecule has 2 aromatic rings. The highest BCUT2D eigenvalue weighted by Gasteiger charge is 2.72. The molecule has 4 rings (SSSR count). The number of hydrogen-bond acceptors (Lipinski definition) is 4. The van der Waals surface area contributed by atoms with Crippen molar-refractivity contribution in [3.8, 4) is 11.1 Å². The topological polar surface area (TPSA) is 52.6 Å². The van der Waals surface area contributed by atoms with Gasteiger partial charge in [-0.05, 0) is 48.4 Å². The molecule has 1 unspecified atom stereocenters. The zero-order valence-corrected chi connectivity index (χ0v) is 17.6. The number of esters is 2. The van der Waals surface area contributed by atoms with Crippen molar-refractivity contribution in [3.63, 3.8) is 0 Å². The van der Waals surface area contributed by atoms with E-state index in [9.17, 15) is 9.59 Å². The highest BCUT2D eigenvalue weighted by molar-refractivity contribution is 5.94. The molecular weight excluding hydrogens is 364 g/mol. The lowest BCUT2D eigenvalue weighted by atomic mass is 9.41. The van der Waals surface area contributed by atoms with Gasteiger partial charge in [0.25, 0.3) is 0 Å². The van der Waals surface area contributed by atoms with Crippen molar-refractivity contribution in [2.45, 2.75) is 44.9 Å². The summed E-state index contributed by atoms with van der Waals surface area (Å²) in [6.45, 7) is 4.01. The molecule has 1 spiro atoms. The van der Waals surface area contributed by atoms with Crippen LogP contribution >= 0.6 is 0 Å². The molecule has 2 aromatic carbocycles. The van der Waals surface area contributed by atoms with Gasteiger partial charge < -0.3 is 9.47 Å². The average molecular weight is 392 g/mol. The molecule has 0 radical (unpaired) electrons. The molecule has 2 atom stereocenters. The molecular formula is C25H28O4. The van der Waals surface area contributed by atoms with Crippen LogP contribution in [0.4, 0.5) is 0 Å². The largest absolute Gasteiger partial charge is 0.469 e. The summed E-state index contributed by atoms with van der Waals surface area (Å²) in [5.41, 5.74) is 1.63. The highest BCUT2D eigenvalue weighted by Crippen LogP contribution is 2.71. The van der Waals surface area contributed by atoms with Crippen molar-refractivity contribution >= 4 is 11.9 Å². The van der Waals surface area contributed by atoms with Crippen LogP contribution in [0.3, 0.4) is 0 Å². The fourth-order valence-electron chi connectivity index (χ4n) is 6.51. The van der Waals surface area contributed by atoms with Crippen LogP contribution in [0.15, 0.2) is 48.5 Å². The molecule has 0 N–H and O–H groups in total. The molecule has 1 saturated carbocycles. The molecule has 0 bridgehead atoms. The van der Waals surface area contributed by atoms with Crippen LogP contribution < -0.4 is 0 Å². The van der Waals surface area contributed by atoms with Crippen LogP contribution in [-0.4, -0.2) is 26.2 Å². The highest BCUT2D eigenvalue weighted by atomic mass is 16.5. The minimum Gasteiger partial charge on any atom is -0.469 e. The van der Waals surface area contributed by atoms with Crippen LogP contribution in [0, 0.1) is 10.8 Å². The summed E-state index contributed by atoms with van der Waals surface area (Å²) < 4.78 is 10.8. The summed E-state index contributed by atoms with van der Waals surface area (Å²) in [5.74, 6) is -0.522. The fraction of sp³-hybridized carbons (Fsp3) is 0.440. The third-order valence-electron chi connectivity index (χ3n) is 7.59. The Hall–Kier alpha value is -2.62. The second-order valence-corrected chi connectivity index (χ2v) is 8.45. The maximum absolute atomic E-state index is 13.5. The van der Waals surface area contributed by atoms with Gasteiger partial charge in [-0.3, -0.25) is 9.59 Å². The number of carbonyl (C=O) groups excluding carboxylic acids is 2. The predicted octanol–water partition coefficient (Wildman–Crippen LogP) is 4.89. The maximum atomic E-state index is 13.5. The van der Waals surface area contributed by atoms with Gasteiger partial charge >= 0.3 is 11.9 Å². The number of ether oxygens (including phenoxy) is 2. The van der Waals surface area contributed by atoms with E-state index in [0.29, 0.717) is 19.3 Å². The van der Waals surface area contributed by atoms with E-state index >= 15 is 0 Å². The molecule has 1 fully saturated rings. The van der Waals surface area contributed by atoms with Crippen LogP contribution in [0.2, 0.25) is 0 Å². The number of hydrogen-bond donors (Lipinski definition) is 0. The number of carbonyl (C=O) groups is 2. The van der Waals surface area contributed by atoms with E-state index < -0.39 is 16.2 Å². The van der Waals surface area contributed by atoms with Crippen molar-refractivity contribution in [1.82, 2.24) is 0 Å². The zero-order chi connectivity index (χ0) is 20.9. The first-order valence-corrected chi connectivity index (χ1v) is 10.3. The molecule has 4 heteroatoms. The van der Waals surface area contributed by atoms with Gasteiger partial charge in [-0.25, -0.2) is 0 Å². The minimum absolute atomic E-state index is 0.249. The number of methoxy groups -OCH3 is 2. The lowest BCUT2D eigenvalue weighted by Gasteiger charge is -2.59. The molecule has 0 aliphatic heterocycles. The van der Waals surface area contributed by atoms with E-state index in [1.807, 2.05) is 38.1 Å². The van der Waals surface area contributed by atoms with E-state index in [1.54, 1.807) is 0 Å². The third kappa shape index (κ3) is 2.15. The predicted molar refractivity (Wildman–Crippen MR) is 111 cm³/mol. The summed E-state index contributed by atoms with van der Waals surface area (Å²) in [5, 5.41) is 0. The first-order chi connectivity index (χ1) is 13.9. The van der Waals surface area contributed by atoms with Gasteiger partial charge in [-0.1, -0.05) is 61.9 Å². The van der Waals surface area contributed by atoms with Crippen molar-refractivity contribution in [2.75, 3.05) is 14.2 Å². The monoisotopic (exact) mass is 392 g/mol. The van der Waals surface area contributed by atoms with Gasteiger partial charge in [-0.2, -0.15) is 0 Å². The smallest absolute Gasteiger partial charge is 0.313 e. The summed E-state index contributed by atoms with van der Waals surface area (Å²) >= 11 is 0. The van der Waals surface area contributed by atoms with Gasteiger partial charge in [0.1, 0.15) is 0 Å². The first kappa shape index (κ1) is 19.7. The normalized spacial score (nSPS) is 26.5.